The third kappa shape index (κ3) is 4.47. The highest BCUT2D eigenvalue weighted by Gasteiger charge is 2.10. The zero-order chi connectivity index (χ0) is 20.2. The van der Waals surface area contributed by atoms with Crippen molar-refractivity contribution in [3.8, 4) is 11.6 Å². The van der Waals surface area contributed by atoms with E-state index in [0.717, 1.165) is 9.99 Å². The third-order valence-electron chi connectivity index (χ3n) is 4.11. The monoisotopic (exact) mass is 447 g/mol. The van der Waals surface area contributed by atoms with Crippen LogP contribution in [0.1, 0.15) is 11.3 Å². The van der Waals surface area contributed by atoms with Gasteiger partial charge in [-0.1, -0.05) is 46.3 Å². The zero-order valence-electron chi connectivity index (χ0n) is 15.0. The highest BCUT2D eigenvalue weighted by atomic mass is 79.9. The largest absolute Gasteiger partial charge is 0.437 e. The van der Waals surface area contributed by atoms with E-state index in [-0.39, 0.29) is 5.69 Å². The van der Waals surface area contributed by atoms with E-state index < -0.39 is 4.92 Å². The molecule has 0 atom stereocenters. The molecular weight excluding hydrogens is 434 g/mol. The second-order valence-corrected chi connectivity index (χ2v) is 7.06. The van der Waals surface area contributed by atoms with E-state index in [1.807, 2.05) is 48.5 Å². The first-order chi connectivity index (χ1) is 14.1. The molecule has 0 unspecified atom stereocenters. The molecule has 0 bridgehead atoms. The van der Waals surface area contributed by atoms with E-state index >= 15 is 0 Å². The molecule has 0 amide bonds. The summed E-state index contributed by atoms with van der Waals surface area (Å²) in [4.78, 5) is 19.8. The first kappa shape index (κ1) is 18.8. The van der Waals surface area contributed by atoms with Crippen molar-refractivity contribution in [2.45, 2.75) is 0 Å². The lowest BCUT2D eigenvalue weighted by Crippen LogP contribution is -1.96. The summed E-state index contributed by atoms with van der Waals surface area (Å²) in [5, 5.41) is 11.0. The third-order valence-corrected chi connectivity index (χ3v) is 4.64. The lowest BCUT2D eigenvalue weighted by Gasteiger charge is -2.09. The Bertz CT molecular complexity index is 1220. The van der Waals surface area contributed by atoms with Crippen molar-refractivity contribution in [1.29, 1.82) is 0 Å². The smallest absolute Gasteiger partial charge is 0.270 e. The summed E-state index contributed by atoms with van der Waals surface area (Å²) in [6, 6.07) is 21.3. The Balaban J connectivity index is 1.74. The molecule has 29 heavy (non-hydrogen) atoms. The molecule has 7 heteroatoms. The van der Waals surface area contributed by atoms with Gasteiger partial charge in [-0.15, -0.1) is 0 Å². The van der Waals surface area contributed by atoms with Crippen molar-refractivity contribution in [3.05, 3.63) is 98.6 Å². The number of nitro groups is 1. The van der Waals surface area contributed by atoms with Crippen LogP contribution in [0.2, 0.25) is 0 Å². The fraction of sp³-hybridized carbons (Fsp3) is 0. The van der Waals surface area contributed by atoms with Crippen LogP contribution in [0, 0.1) is 10.1 Å². The number of benzene rings is 3. The number of fused-ring (bicyclic) bond motifs is 1. The first-order valence-corrected chi connectivity index (χ1v) is 9.50. The fourth-order valence-electron chi connectivity index (χ4n) is 2.71. The van der Waals surface area contributed by atoms with Crippen LogP contribution in [0.15, 0.2) is 77.3 Å². The maximum Gasteiger partial charge on any atom is 0.270 e. The van der Waals surface area contributed by atoms with Gasteiger partial charge in [-0.25, -0.2) is 9.97 Å². The molecule has 4 aromatic rings. The topological polar surface area (TPSA) is 78.2 Å². The average molecular weight is 448 g/mol. The number of ether oxygens (including phenoxy) is 1. The Hall–Kier alpha value is -3.58. The van der Waals surface area contributed by atoms with E-state index in [1.165, 1.54) is 12.1 Å². The second kappa shape index (κ2) is 8.20. The normalized spacial score (nSPS) is 11.1. The molecule has 1 aromatic heterocycles. The molecule has 3 aromatic carbocycles. The van der Waals surface area contributed by atoms with Crippen LogP contribution in [0.4, 0.5) is 5.69 Å². The Labute approximate surface area is 174 Å². The second-order valence-electron chi connectivity index (χ2n) is 6.14. The molecule has 0 spiro atoms. The zero-order valence-corrected chi connectivity index (χ0v) is 16.6. The van der Waals surface area contributed by atoms with Gasteiger partial charge in [-0.2, -0.15) is 0 Å². The Morgan fingerprint density at radius 2 is 1.62 bits per heavy atom. The Morgan fingerprint density at radius 3 is 2.34 bits per heavy atom. The minimum Gasteiger partial charge on any atom is -0.437 e. The highest BCUT2D eigenvalue weighted by molar-refractivity contribution is 9.10. The van der Waals surface area contributed by atoms with Crippen molar-refractivity contribution < 1.29 is 9.66 Å². The van der Waals surface area contributed by atoms with Gasteiger partial charge >= 0.3 is 0 Å². The van der Waals surface area contributed by atoms with E-state index in [0.29, 0.717) is 28.4 Å². The van der Waals surface area contributed by atoms with Crippen LogP contribution in [0.5, 0.6) is 11.6 Å². The first-order valence-electron chi connectivity index (χ1n) is 8.71. The molecule has 1 heterocycles. The van der Waals surface area contributed by atoms with E-state index in [2.05, 4.69) is 25.9 Å². The van der Waals surface area contributed by atoms with Crippen LogP contribution in [-0.2, 0) is 0 Å². The maximum atomic E-state index is 11.0. The van der Waals surface area contributed by atoms with Crippen molar-refractivity contribution in [2.75, 3.05) is 0 Å². The van der Waals surface area contributed by atoms with Gasteiger partial charge < -0.3 is 4.74 Å². The number of rotatable bonds is 5. The number of para-hydroxylation sites is 2. The Kier molecular flexibility index (Phi) is 5.31. The summed E-state index contributed by atoms with van der Waals surface area (Å²) in [5.74, 6) is 0.982. The lowest BCUT2D eigenvalue weighted by molar-refractivity contribution is -0.384. The van der Waals surface area contributed by atoms with Gasteiger partial charge in [0, 0.05) is 16.6 Å². The quantitative estimate of drug-likeness (QED) is 0.266. The number of halogens is 1. The van der Waals surface area contributed by atoms with Crippen LogP contribution in [-0.4, -0.2) is 14.9 Å². The van der Waals surface area contributed by atoms with E-state index in [9.17, 15) is 10.1 Å². The summed E-state index contributed by atoms with van der Waals surface area (Å²) in [6.07, 6.45) is 3.49. The molecule has 0 saturated carbocycles. The molecule has 0 aliphatic heterocycles. The highest BCUT2D eigenvalue weighted by Crippen LogP contribution is 2.27. The number of nitro benzene ring substituents is 1. The summed E-state index contributed by atoms with van der Waals surface area (Å²) in [6.45, 7) is 0. The van der Waals surface area contributed by atoms with Gasteiger partial charge in [-0.3, -0.25) is 10.1 Å². The van der Waals surface area contributed by atoms with Gasteiger partial charge in [0.2, 0.25) is 5.88 Å². The molecular formula is C22H14BrN3O3. The van der Waals surface area contributed by atoms with E-state index in [1.54, 1.807) is 24.3 Å². The van der Waals surface area contributed by atoms with Crippen molar-refractivity contribution in [3.63, 3.8) is 0 Å². The van der Waals surface area contributed by atoms with Gasteiger partial charge in [-0.05, 0) is 48.0 Å². The minimum absolute atomic E-state index is 0.0306. The molecule has 0 fully saturated rings. The molecule has 0 N–H and O–H groups in total. The molecule has 0 radical (unpaired) electrons. The molecule has 6 nitrogen and oxygen atoms in total. The number of non-ortho nitro benzene ring substituents is 1. The molecule has 4 rings (SSSR count). The fourth-order valence-corrected chi connectivity index (χ4v) is 2.98. The van der Waals surface area contributed by atoms with Crippen LogP contribution >= 0.6 is 15.9 Å². The average Bonchev–Trinajstić information content (AvgIpc) is 2.74. The SMILES string of the molecule is O=[N+]([O-])c1cccc(/C=C/c2nc3ccccc3nc2Oc2ccc(Br)cc2)c1. The predicted octanol–water partition coefficient (Wildman–Crippen LogP) is 6.26. The van der Waals surface area contributed by atoms with Crippen molar-refractivity contribution in [2.24, 2.45) is 0 Å². The van der Waals surface area contributed by atoms with Crippen molar-refractivity contribution in [1.82, 2.24) is 9.97 Å². The molecule has 0 saturated heterocycles. The maximum absolute atomic E-state index is 11.0. The molecule has 0 aliphatic rings. The summed E-state index contributed by atoms with van der Waals surface area (Å²) < 4.78 is 6.91. The number of hydrogen-bond donors (Lipinski definition) is 0. The number of hydrogen-bond acceptors (Lipinski definition) is 5. The van der Waals surface area contributed by atoms with Gasteiger partial charge in [0.05, 0.1) is 16.0 Å². The van der Waals surface area contributed by atoms with Gasteiger partial charge in [0.25, 0.3) is 5.69 Å². The summed E-state index contributed by atoms with van der Waals surface area (Å²) in [5.41, 5.74) is 2.69. The molecule has 142 valence electrons. The van der Waals surface area contributed by atoms with Crippen LogP contribution in [0.25, 0.3) is 23.2 Å². The van der Waals surface area contributed by atoms with Crippen LogP contribution in [0.3, 0.4) is 0 Å². The van der Waals surface area contributed by atoms with Crippen molar-refractivity contribution >= 4 is 44.8 Å². The lowest BCUT2D eigenvalue weighted by atomic mass is 10.2. The van der Waals surface area contributed by atoms with Gasteiger partial charge in [0.1, 0.15) is 11.4 Å². The summed E-state index contributed by atoms with van der Waals surface area (Å²) >= 11 is 3.40. The number of nitrogens with zero attached hydrogens (tertiary/aromatic N) is 3. The summed E-state index contributed by atoms with van der Waals surface area (Å²) in [7, 11) is 0. The van der Waals surface area contributed by atoms with E-state index in [4.69, 9.17) is 4.74 Å². The van der Waals surface area contributed by atoms with Gasteiger partial charge in [0.15, 0.2) is 0 Å². The number of aromatic nitrogens is 2. The minimum atomic E-state index is -0.421. The standard InChI is InChI=1S/C22H14BrN3O3/c23-16-9-11-18(12-10-16)29-22-21(24-19-6-1-2-7-20(19)25-22)13-8-15-4-3-5-17(14-15)26(27)28/h1-14H/b13-8+. The molecule has 0 aliphatic carbocycles. The Morgan fingerprint density at radius 1 is 0.897 bits per heavy atom. The van der Waals surface area contributed by atoms with Crippen LogP contribution < -0.4 is 4.74 Å². The predicted molar refractivity (Wildman–Crippen MR) is 116 cm³/mol.